The summed E-state index contributed by atoms with van der Waals surface area (Å²) in [6.07, 6.45) is 2.83. The van der Waals surface area contributed by atoms with Crippen LogP contribution in [0.2, 0.25) is 0 Å². The van der Waals surface area contributed by atoms with E-state index in [1.807, 2.05) is 12.1 Å². The molecule has 1 unspecified atom stereocenters. The monoisotopic (exact) mass is 486 g/mol. The molecule has 0 spiro atoms. The van der Waals surface area contributed by atoms with Crippen LogP contribution in [0.5, 0.6) is 0 Å². The standard InChI is InChI=1S/C23H24F2N6O2S/c1-12-6-15(7-13(2)33-12)22-28-19-9-14(4-5-31(19)29-22)8-18(32)20-16(10-26-30(20)3)23-27-17(11-34-23)21(24)25/h4-5,9-13,15,21H,6-8H2,1-3H3/t12-,13+,15?. The van der Waals surface area contributed by atoms with E-state index in [0.717, 1.165) is 35.6 Å². The van der Waals surface area contributed by atoms with Crippen LogP contribution in [0.25, 0.3) is 16.2 Å². The summed E-state index contributed by atoms with van der Waals surface area (Å²) in [5.41, 5.74) is 1.95. The molecule has 34 heavy (non-hydrogen) atoms. The Morgan fingerprint density at radius 2 is 2.03 bits per heavy atom. The SMILES string of the molecule is C[C@@H]1CC(c2nc3cc(CC(=O)c4c(-c5nc(C(F)F)cs5)cnn4C)ccn3n2)C[C@H](C)O1. The van der Waals surface area contributed by atoms with Crippen molar-refractivity contribution in [3.63, 3.8) is 0 Å². The van der Waals surface area contributed by atoms with Crippen LogP contribution in [0.1, 0.15) is 66.6 Å². The molecule has 4 aromatic rings. The first-order chi connectivity index (χ1) is 16.3. The maximum Gasteiger partial charge on any atom is 0.281 e. The molecule has 1 aliphatic rings. The number of aryl methyl sites for hydroxylation is 1. The number of rotatable bonds is 6. The molecule has 3 atom stereocenters. The van der Waals surface area contributed by atoms with Crippen molar-refractivity contribution in [1.82, 2.24) is 29.4 Å². The normalized spacial score (nSPS) is 20.9. The number of alkyl halides is 2. The van der Waals surface area contributed by atoms with Gasteiger partial charge in [0.1, 0.15) is 16.4 Å². The molecule has 0 aromatic carbocycles. The Morgan fingerprint density at radius 3 is 2.74 bits per heavy atom. The highest BCUT2D eigenvalue weighted by atomic mass is 32.1. The summed E-state index contributed by atoms with van der Waals surface area (Å²) in [5, 5.41) is 10.5. The number of pyridine rings is 1. The van der Waals surface area contributed by atoms with E-state index in [-0.39, 0.29) is 36.0 Å². The van der Waals surface area contributed by atoms with Gasteiger partial charge in [0.05, 0.1) is 24.0 Å². The summed E-state index contributed by atoms with van der Waals surface area (Å²) in [6.45, 7) is 4.13. The number of carbonyl (C=O) groups excluding carboxylic acids is 1. The van der Waals surface area contributed by atoms with Crippen LogP contribution in [0.15, 0.2) is 29.9 Å². The molecule has 0 amide bonds. The van der Waals surface area contributed by atoms with Crippen molar-refractivity contribution in [3.05, 3.63) is 52.7 Å². The highest BCUT2D eigenvalue weighted by Crippen LogP contribution is 2.32. The van der Waals surface area contributed by atoms with Crippen molar-refractivity contribution in [2.45, 2.75) is 57.7 Å². The Balaban J connectivity index is 1.38. The molecular formula is C23H24F2N6O2S. The van der Waals surface area contributed by atoms with Gasteiger partial charge in [0.15, 0.2) is 17.3 Å². The van der Waals surface area contributed by atoms with E-state index in [1.165, 1.54) is 16.3 Å². The third-order valence-electron chi connectivity index (χ3n) is 6.02. The Hall–Kier alpha value is -3.05. The van der Waals surface area contributed by atoms with Crippen LogP contribution < -0.4 is 0 Å². The second kappa shape index (κ2) is 8.95. The highest BCUT2D eigenvalue weighted by molar-refractivity contribution is 7.13. The molecule has 0 radical (unpaired) electrons. The van der Waals surface area contributed by atoms with Crippen molar-refractivity contribution in [1.29, 1.82) is 0 Å². The zero-order chi connectivity index (χ0) is 24.0. The van der Waals surface area contributed by atoms with Gasteiger partial charge in [-0.05, 0) is 44.4 Å². The second-order valence-electron chi connectivity index (χ2n) is 8.74. The van der Waals surface area contributed by atoms with Crippen molar-refractivity contribution >= 4 is 22.8 Å². The number of ketones is 1. The van der Waals surface area contributed by atoms with Crippen LogP contribution in [0.4, 0.5) is 8.78 Å². The number of carbonyl (C=O) groups is 1. The molecule has 11 heteroatoms. The number of fused-ring (bicyclic) bond motifs is 1. The zero-order valence-electron chi connectivity index (χ0n) is 19.0. The third-order valence-corrected chi connectivity index (χ3v) is 6.92. The van der Waals surface area contributed by atoms with E-state index in [2.05, 4.69) is 29.0 Å². The number of aromatic nitrogens is 6. The summed E-state index contributed by atoms with van der Waals surface area (Å²) in [4.78, 5) is 21.9. The van der Waals surface area contributed by atoms with Crippen molar-refractivity contribution < 1.29 is 18.3 Å². The molecule has 5 heterocycles. The van der Waals surface area contributed by atoms with Gasteiger partial charge >= 0.3 is 0 Å². The van der Waals surface area contributed by atoms with Gasteiger partial charge in [0.25, 0.3) is 6.43 Å². The molecule has 0 aliphatic carbocycles. The van der Waals surface area contributed by atoms with Gasteiger partial charge in [0.2, 0.25) is 0 Å². The Bertz CT molecular complexity index is 1340. The van der Waals surface area contributed by atoms with Crippen LogP contribution in [-0.2, 0) is 18.2 Å². The summed E-state index contributed by atoms with van der Waals surface area (Å²) < 4.78 is 35.0. The molecular weight excluding hydrogens is 462 g/mol. The quantitative estimate of drug-likeness (QED) is 0.370. The number of ether oxygens (including phenoxy) is 1. The second-order valence-corrected chi connectivity index (χ2v) is 9.60. The predicted octanol–water partition coefficient (Wildman–Crippen LogP) is 4.62. The predicted molar refractivity (Wildman–Crippen MR) is 122 cm³/mol. The van der Waals surface area contributed by atoms with Crippen molar-refractivity contribution in [3.8, 4) is 10.6 Å². The number of Topliss-reactive ketones (excluding diaryl/α,β-unsaturated/α-hetero) is 1. The molecule has 4 aromatic heterocycles. The van der Waals surface area contributed by atoms with E-state index < -0.39 is 6.43 Å². The molecule has 0 saturated carbocycles. The minimum Gasteiger partial charge on any atom is -0.376 e. The smallest absolute Gasteiger partial charge is 0.281 e. The lowest BCUT2D eigenvalue weighted by Crippen LogP contribution is -2.28. The third kappa shape index (κ3) is 4.37. The maximum atomic E-state index is 13.2. The van der Waals surface area contributed by atoms with E-state index in [9.17, 15) is 13.6 Å². The van der Waals surface area contributed by atoms with Crippen LogP contribution in [-0.4, -0.2) is 47.4 Å². The van der Waals surface area contributed by atoms with E-state index in [1.54, 1.807) is 17.8 Å². The van der Waals surface area contributed by atoms with Crippen molar-refractivity contribution in [2.75, 3.05) is 0 Å². The molecule has 0 bridgehead atoms. The average molecular weight is 487 g/mol. The van der Waals surface area contributed by atoms with Crippen LogP contribution >= 0.6 is 11.3 Å². The lowest BCUT2D eigenvalue weighted by Gasteiger charge is -2.30. The lowest BCUT2D eigenvalue weighted by molar-refractivity contribution is -0.0390. The Kier molecular flexibility index (Phi) is 5.98. The van der Waals surface area contributed by atoms with Gasteiger partial charge in [-0.25, -0.2) is 23.3 Å². The molecule has 5 rings (SSSR count). The van der Waals surface area contributed by atoms with E-state index in [0.29, 0.717) is 21.9 Å². The fourth-order valence-corrected chi connectivity index (χ4v) is 5.37. The van der Waals surface area contributed by atoms with Crippen molar-refractivity contribution in [2.24, 2.45) is 7.05 Å². The first-order valence-electron chi connectivity index (χ1n) is 11.1. The topological polar surface area (TPSA) is 87.2 Å². The minimum atomic E-state index is -2.66. The molecule has 0 N–H and O–H groups in total. The minimum absolute atomic E-state index is 0.115. The van der Waals surface area contributed by atoms with Gasteiger partial charge in [-0.2, -0.15) is 10.2 Å². The maximum absolute atomic E-state index is 13.2. The summed E-state index contributed by atoms with van der Waals surface area (Å²) in [5.74, 6) is 0.843. The van der Waals surface area contributed by atoms with Crippen LogP contribution in [0, 0.1) is 0 Å². The number of thiazole rings is 1. The van der Waals surface area contributed by atoms with Gasteiger partial charge in [-0.15, -0.1) is 11.3 Å². The summed E-state index contributed by atoms with van der Waals surface area (Å²) >= 11 is 1.07. The Morgan fingerprint density at radius 1 is 1.26 bits per heavy atom. The summed E-state index contributed by atoms with van der Waals surface area (Å²) in [7, 11) is 1.65. The number of halogens is 2. The molecule has 8 nitrogen and oxygen atoms in total. The Labute approximate surface area is 198 Å². The first kappa shape index (κ1) is 22.7. The van der Waals surface area contributed by atoms with Gasteiger partial charge in [-0.3, -0.25) is 9.48 Å². The highest BCUT2D eigenvalue weighted by Gasteiger charge is 2.28. The van der Waals surface area contributed by atoms with E-state index >= 15 is 0 Å². The van der Waals surface area contributed by atoms with Gasteiger partial charge < -0.3 is 4.74 Å². The fraction of sp³-hybridized carbons (Fsp3) is 0.435. The van der Waals surface area contributed by atoms with Gasteiger partial charge in [0, 0.05) is 31.0 Å². The molecule has 178 valence electrons. The first-order valence-corrected chi connectivity index (χ1v) is 12.0. The largest absolute Gasteiger partial charge is 0.376 e. The zero-order valence-corrected chi connectivity index (χ0v) is 19.8. The lowest BCUT2D eigenvalue weighted by atomic mass is 9.92. The van der Waals surface area contributed by atoms with Gasteiger partial charge in [-0.1, -0.05) is 0 Å². The molecule has 1 saturated heterocycles. The number of hydrogen-bond acceptors (Lipinski definition) is 7. The van der Waals surface area contributed by atoms with Crippen LogP contribution in [0.3, 0.4) is 0 Å². The number of hydrogen-bond donors (Lipinski definition) is 0. The summed E-state index contributed by atoms with van der Waals surface area (Å²) in [6, 6.07) is 3.70. The number of nitrogens with zero attached hydrogens (tertiary/aromatic N) is 6. The molecule has 1 fully saturated rings. The van der Waals surface area contributed by atoms with E-state index in [4.69, 9.17) is 9.72 Å². The fourth-order valence-electron chi connectivity index (χ4n) is 4.54. The molecule has 1 aliphatic heterocycles. The average Bonchev–Trinajstić information content (AvgIpc) is 3.50.